The maximum absolute atomic E-state index is 13.4. The van der Waals surface area contributed by atoms with Crippen LogP contribution in [0.1, 0.15) is 37.6 Å². The number of benzene rings is 1. The maximum Gasteiger partial charge on any atom is 0.191 e. The van der Waals surface area contributed by atoms with Gasteiger partial charge in [0, 0.05) is 19.5 Å². The number of halogens is 2. The van der Waals surface area contributed by atoms with E-state index in [2.05, 4.69) is 15.6 Å². The second kappa shape index (κ2) is 9.05. The van der Waals surface area contributed by atoms with Gasteiger partial charge in [0.05, 0.1) is 12.3 Å². The summed E-state index contributed by atoms with van der Waals surface area (Å²) < 4.78 is 31.7. The van der Waals surface area contributed by atoms with Crippen LogP contribution in [-0.2, 0) is 6.42 Å². The fourth-order valence-corrected chi connectivity index (χ4v) is 2.21. The Morgan fingerprint density at radius 3 is 2.75 bits per heavy atom. The number of hydrogen-bond acceptors (Lipinski definition) is 2. The highest BCUT2D eigenvalue weighted by molar-refractivity contribution is 5.80. The largest absolute Gasteiger partial charge is 0.469 e. The summed E-state index contributed by atoms with van der Waals surface area (Å²) in [5, 5.41) is 6.44. The molecular formula is C18H23F2N3O. The summed E-state index contributed by atoms with van der Waals surface area (Å²) in [5.41, 5.74) is 0.658. The lowest BCUT2D eigenvalue weighted by atomic mass is 10.1. The van der Waals surface area contributed by atoms with Crippen LogP contribution in [0, 0.1) is 11.6 Å². The standard InChI is InChI=1S/C18H23F2N3O/c1-3-9-21-18(22-10-8-15-5-4-11-24-15)23-13(2)14-6-7-16(19)17(20)12-14/h4-7,11-13H,3,8-10H2,1-2H3,(H2,21,22,23). The van der Waals surface area contributed by atoms with Gasteiger partial charge in [0.1, 0.15) is 5.76 Å². The molecule has 0 saturated heterocycles. The zero-order valence-electron chi connectivity index (χ0n) is 14.0. The molecule has 1 aromatic heterocycles. The highest BCUT2D eigenvalue weighted by atomic mass is 19.2. The molecule has 1 atom stereocenters. The SMILES string of the molecule is CCCN=C(NCCc1ccco1)NC(C)c1ccc(F)c(F)c1. The van der Waals surface area contributed by atoms with Crippen molar-refractivity contribution < 1.29 is 13.2 Å². The lowest BCUT2D eigenvalue weighted by Crippen LogP contribution is -2.40. The molecule has 6 heteroatoms. The van der Waals surface area contributed by atoms with Gasteiger partial charge in [-0.05, 0) is 43.2 Å². The normalized spacial score (nSPS) is 12.9. The van der Waals surface area contributed by atoms with Gasteiger partial charge in [-0.15, -0.1) is 0 Å². The van der Waals surface area contributed by atoms with E-state index in [-0.39, 0.29) is 6.04 Å². The Bertz CT molecular complexity index is 656. The monoisotopic (exact) mass is 335 g/mol. The summed E-state index contributed by atoms with van der Waals surface area (Å²) in [7, 11) is 0. The Kier molecular flexibility index (Phi) is 6.78. The van der Waals surface area contributed by atoms with E-state index in [9.17, 15) is 8.78 Å². The average Bonchev–Trinajstić information content (AvgIpc) is 3.08. The Morgan fingerprint density at radius 1 is 1.25 bits per heavy atom. The van der Waals surface area contributed by atoms with Crippen molar-refractivity contribution in [3.05, 3.63) is 59.6 Å². The highest BCUT2D eigenvalue weighted by Gasteiger charge is 2.11. The van der Waals surface area contributed by atoms with Gasteiger partial charge < -0.3 is 15.1 Å². The van der Waals surface area contributed by atoms with E-state index >= 15 is 0 Å². The molecule has 24 heavy (non-hydrogen) atoms. The van der Waals surface area contributed by atoms with Gasteiger partial charge in [0.25, 0.3) is 0 Å². The number of rotatable bonds is 7. The van der Waals surface area contributed by atoms with E-state index in [1.807, 2.05) is 26.0 Å². The van der Waals surface area contributed by atoms with Crippen LogP contribution in [0.2, 0.25) is 0 Å². The van der Waals surface area contributed by atoms with Crippen LogP contribution in [0.3, 0.4) is 0 Å². The molecule has 0 fully saturated rings. The van der Waals surface area contributed by atoms with E-state index in [0.717, 1.165) is 24.7 Å². The van der Waals surface area contributed by atoms with E-state index in [1.54, 1.807) is 12.3 Å². The first kappa shape index (κ1) is 18.0. The first-order valence-electron chi connectivity index (χ1n) is 8.12. The van der Waals surface area contributed by atoms with Crippen LogP contribution in [0.15, 0.2) is 46.0 Å². The zero-order valence-corrected chi connectivity index (χ0v) is 14.0. The summed E-state index contributed by atoms with van der Waals surface area (Å²) in [6.45, 7) is 5.26. The van der Waals surface area contributed by atoms with Gasteiger partial charge in [0.2, 0.25) is 0 Å². The van der Waals surface area contributed by atoms with Crippen molar-refractivity contribution in [2.45, 2.75) is 32.7 Å². The molecule has 0 amide bonds. The van der Waals surface area contributed by atoms with E-state index in [0.29, 0.717) is 24.6 Å². The Hall–Kier alpha value is -2.37. The molecule has 0 bridgehead atoms. The molecule has 0 radical (unpaired) electrons. The minimum absolute atomic E-state index is 0.202. The fraction of sp³-hybridized carbons (Fsp3) is 0.389. The number of nitrogens with one attached hydrogen (secondary N) is 2. The molecule has 1 unspecified atom stereocenters. The van der Waals surface area contributed by atoms with Crippen LogP contribution in [0.5, 0.6) is 0 Å². The Labute approximate surface area is 141 Å². The number of nitrogens with zero attached hydrogens (tertiary/aromatic N) is 1. The van der Waals surface area contributed by atoms with E-state index in [4.69, 9.17) is 4.42 Å². The summed E-state index contributed by atoms with van der Waals surface area (Å²) >= 11 is 0. The Morgan fingerprint density at radius 2 is 2.08 bits per heavy atom. The first-order chi connectivity index (χ1) is 11.6. The van der Waals surface area contributed by atoms with Crippen molar-refractivity contribution >= 4 is 5.96 Å². The predicted molar refractivity (Wildman–Crippen MR) is 90.9 cm³/mol. The third kappa shape index (κ3) is 5.37. The number of guanidine groups is 1. The summed E-state index contributed by atoms with van der Waals surface area (Å²) in [6.07, 6.45) is 3.30. The van der Waals surface area contributed by atoms with Gasteiger partial charge in [0.15, 0.2) is 17.6 Å². The number of hydrogen-bond donors (Lipinski definition) is 2. The lowest BCUT2D eigenvalue weighted by molar-refractivity contribution is 0.503. The summed E-state index contributed by atoms with van der Waals surface area (Å²) in [5.74, 6) is -0.159. The number of furan rings is 1. The molecule has 0 saturated carbocycles. The van der Waals surface area contributed by atoms with Crippen molar-refractivity contribution in [2.75, 3.05) is 13.1 Å². The molecule has 1 aromatic carbocycles. The van der Waals surface area contributed by atoms with Crippen LogP contribution < -0.4 is 10.6 Å². The molecule has 130 valence electrons. The minimum Gasteiger partial charge on any atom is -0.469 e. The maximum atomic E-state index is 13.4. The van der Waals surface area contributed by atoms with Gasteiger partial charge in [-0.1, -0.05) is 13.0 Å². The third-order valence-corrected chi connectivity index (χ3v) is 3.53. The van der Waals surface area contributed by atoms with Gasteiger partial charge in [-0.3, -0.25) is 4.99 Å². The molecule has 4 nitrogen and oxygen atoms in total. The minimum atomic E-state index is -0.848. The van der Waals surface area contributed by atoms with E-state index in [1.165, 1.54) is 6.07 Å². The summed E-state index contributed by atoms with van der Waals surface area (Å²) in [4.78, 5) is 4.46. The molecular weight excluding hydrogens is 312 g/mol. The van der Waals surface area contributed by atoms with Crippen LogP contribution in [0.25, 0.3) is 0 Å². The fourth-order valence-electron chi connectivity index (χ4n) is 2.21. The smallest absolute Gasteiger partial charge is 0.191 e. The van der Waals surface area contributed by atoms with Crippen molar-refractivity contribution in [3.63, 3.8) is 0 Å². The average molecular weight is 335 g/mol. The molecule has 0 aliphatic rings. The van der Waals surface area contributed by atoms with Gasteiger partial charge >= 0.3 is 0 Å². The molecule has 0 aliphatic heterocycles. The topological polar surface area (TPSA) is 49.6 Å². The molecule has 2 N–H and O–H groups in total. The van der Waals surface area contributed by atoms with Crippen molar-refractivity contribution in [1.82, 2.24) is 10.6 Å². The number of aliphatic imine (C=N–C) groups is 1. The molecule has 2 rings (SSSR count). The second-order valence-electron chi connectivity index (χ2n) is 5.53. The van der Waals surface area contributed by atoms with Crippen molar-refractivity contribution in [1.29, 1.82) is 0 Å². The molecule has 0 spiro atoms. The van der Waals surface area contributed by atoms with E-state index < -0.39 is 11.6 Å². The second-order valence-corrected chi connectivity index (χ2v) is 5.53. The van der Waals surface area contributed by atoms with Crippen molar-refractivity contribution in [3.8, 4) is 0 Å². The first-order valence-corrected chi connectivity index (χ1v) is 8.12. The van der Waals surface area contributed by atoms with Crippen LogP contribution in [0.4, 0.5) is 8.78 Å². The van der Waals surface area contributed by atoms with Gasteiger partial charge in [-0.25, -0.2) is 8.78 Å². The van der Waals surface area contributed by atoms with Crippen molar-refractivity contribution in [2.24, 2.45) is 4.99 Å². The lowest BCUT2D eigenvalue weighted by Gasteiger charge is -2.19. The van der Waals surface area contributed by atoms with Crippen LogP contribution in [-0.4, -0.2) is 19.0 Å². The molecule has 0 aliphatic carbocycles. The predicted octanol–water partition coefficient (Wildman–Crippen LogP) is 3.81. The molecule has 2 aromatic rings. The summed E-state index contributed by atoms with van der Waals surface area (Å²) in [6, 6.07) is 7.47. The molecule has 1 heterocycles. The third-order valence-electron chi connectivity index (χ3n) is 3.53. The van der Waals surface area contributed by atoms with Gasteiger partial charge in [-0.2, -0.15) is 0 Å². The zero-order chi connectivity index (χ0) is 17.4. The Balaban J connectivity index is 1.95. The van der Waals surface area contributed by atoms with Crippen LogP contribution >= 0.6 is 0 Å². The highest BCUT2D eigenvalue weighted by Crippen LogP contribution is 2.15. The quantitative estimate of drug-likeness (QED) is 0.598.